The number of unbranched alkanes of at least 4 members (excludes halogenated alkanes) is 1. The first-order chi connectivity index (χ1) is 18.5. The molecule has 0 aromatic heterocycles. The number of halogens is 3. The molecule has 38 heavy (non-hydrogen) atoms. The second kappa shape index (κ2) is 13.2. The number of rotatable bonds is 12. The molecule has 0 bridgehead atoms. The largest absolute Gasteiger partial charge is 0.494 e. The highest BCUT2D eigenvalue weighted by Crippen LogP contribution is 2.30. The van der Waals surface area contributed by atoms with E-state index >= 15 is 0 Å². The van der Waals surface area contributed by atoms with E-state index in [1.165, 1.54) is 6.07 Å². The van der Waals surface area contributed by atoms with Gasteiger partial charge in [0, 0.05) is 17.2 Å². The highest BCUT2D eigenvalue weighted by atomic mass is 19.2. The maximum Gasteiger partial charge on any atom is 0.166 e. The van der Waals surface area contributed by atoms with E-state index in [2.05, 4.69) is 6.92 Å². The minimum atomic E-state index is -0.849. The molecular weight excluding hydrogens is 485 g/mol. The van der Waals surface area contributed by atoms with Crippen molar-refractivity contribution in [2.24, 2.45) is 0 Å². The molecule has 4 rings (SSSR count). The van der Waals surface area contributed by atoms with Gasteiger partial charge in [-0.3, -0.25) is 0 Å². The summed E-state index contributed by atoms with van der Waals surface area (Å²) in [4.78, 5) is 0. The molecule has 0 amide bonds. The summed E-state index contributed by atoms with van der Waals surface area (Å²) in [5, 5.41) is 0. The summed E-state index contributed by atoms with van der Waals surface area (Å²) in [5.74, 6) is -0.788. The van der Waals surface area contributed by atoms with Crippen LogP contribution >= 0.6 is 0 Å². The van der Waals surface area contributed by atoms with Crippen molar-refractivity contribution >= 4 is 0 Å². The van der Waals surface area contributed by atoms with Crippen LogP contribution in [0.4, 0.5) is 13.2 Å². The molecule has 0 atom stereocenters. The second-order valence-corrected chi connectivity index (χ2v) is 9.31. The van der Waals surface area contributed by atoms with E-state index in [9.17, 15) is 13.2 Å². The van der Waals surface area contributed by atoms with Crippen molar-refractivity contribution in [1.29, 1.82) is 0 Å². The normalized spacial score (nSPS) is 11.0. The predicted molar refractivity (Wildman–Crippen MR) is 147 cm³/mol. The van der Waals surface area contributed by atoms with Gasteiger partial charge in [0.25, 0.3) is 0 Å². The minimum Gasteiger partial charge on any atom is -0.494 e. The van der Waals surface area contributed by atoms with Crippen molar-refractivity contribution < 1.29 is 22.6 Å². The van der Waals surface area contributed by atoms with Crippen LogP contribution in [0, 0.1) is 17.5 Å². The number of hydrogen-bond acceptors (Lipinski definition) is 2. The van der Waals surface area contributed by atoms with Crippen LogP contribution in [-0.4, -0.2) is 13.2 Å². The Bertz CT molecular complexity index is 1330. The Morgan fingerprint density at radius 3 is 1.89 bits per heavy atom. The third kappa shape index (κ3) is 6.77. The molecule has 4 aromatic carbocycles. The fourth-order valence-electron chi connectivity index (χ4n) is 4.24. The zero-order valence-corrected chi connectivity index (χ0v) is 21.9. The van der Waals surface area contributed by atoms with Crippen molar-refractivity contribution in [3.63, 3.8) is 0 Å². The summed E-state index contributed by atoms with van der Waals surface area (Å²) in [7, 11) is 0. The summed E-state index contributed by atoms with van der Waals surface area (Å²) < 4.78 is 55.6. The van der Waals surface area contributed by atoms with Crippen LogP contribution in [0.25, 0.3) is 22.3 Å². The molecule has 0 unspecified atom stereocenters. The average Bonchev–Trinajstić information content (AvgIpc) is 2.94. The molecule has 5 heteroatoms. The topological polar surface area (TPSA) is 18.5 Å². The molecule has 4 aromatic rings. The van der Waals surface area contributed by atoms with Crippen LogP contribution in [0.5, 0.6) is 11.5 Å². The summed E-state index contributed by atoms with van der Waals surface area (Å²) >= 11 is 0. The van der Waals surface area contributed by atoms with Crippen LogP contribution in [0.1, 0.15) is 44.2 Å². The lowest BCUT2D eigenvalue weighted by atomic mass is 9.97. The Kier molecular flexibility index (Phi) is 9.47. The van der Waals surface area contributed by atoms with Crippen molar-refractivity contribution in [3.05, 3.63) is 107 Å². The summed E-state index contributed by atoms with van der Waals surface area (Å²) in [5.41, 5.74) is 3.34. The van der Waals surface area contributed by atoms with Gasteiger partial charge in [0.05, 0.1) is 13.2 Å². The molecule has 0 fully saturated rings. The maximum atomic E-state index is 14.9. The Morgan fingerprint density at radius 2 is 1.21 bits per heavy atom. The van der Waals surface area contributed by atoms with Crippen molar-refractivity contribution in [2.75, 3.05) is 13.2 Å². The van der Waals surface area contributed by atoms with Gasteiger partial charge in [-0.05, 0) is 72.2 Å². The van der Waals surface area contributed by atoms with Gasteiger partial charge in [0.15, 0.2) is 11.6 Å². The number of hydrogen-bond donors (Lipinski definition) is 0. The van der Waals surface area contributed by atoms with Crippen molar-refractivity contribution in [3.8, 4) is 33.8 Å². The van der Waals surface area contributed by atoms with Gasteiger partial charge in [0.1, 0.15) is 17.3 Å². The van der Waals surface area contributed by atoms with Gasteiger partial charge in [-0.2, -0.15) is 0 Å². The highest BCUT2D eigenvalue weighted by molar-refractivity contribution is 5.66. The number of ether oxygens (including phenoxy) is 2. The molecule has 2 nitrogen and oxygen atoms in total. The minimum absolute atomic E-state index is 0.224. The quantitative estimate of drug-likeness (QED) is 0.174. The number of benzene rings is 4. The standard InChI is InChI=1S/C33H33F3O2/c1-3-5-21-38-28-17-19-29(31(34)22-28)24-9-6-23(7-10-24)8-11-26-14-18-30(33(36)32(26)35)25-12-15-27(16-13-25)37-20-4-2/h6-7,9-10,12-19,22H,3-5,8,11,20-21H2,1-2H3. The zero-order chi connectivity index (χ0) is 26.9. The zero-order valence-electron chi connectivity index (χ0n) is 21.9. The molecule has 0 radical (unpaired) electrons. The van der Waals surface area contributed by atoms with Gasteiger partial charge < -0.3 is 9.47 Å². The third-order valence-corrected chi connectivity index (χ3v) is 6.46. The van der Waals surface area contributed by atoms with E-state index in [-0.39, 0.29) is 11.4 Å². The van der Waals surface area contributed by atoms with E-state index in [1.807, 2.05) is 31.2 Å². The lowest BCUT2D eigenvalue weighted by molar-refractivity contribution is 0.308. The molecule has 0 heterocycles. The lowest BCUT2D eigenvalue weighted by Gasteiger charge is -2.11. The summed E-state index contributed by atoms with van der Waals surface area (Å²) in [6.45, 7) is 5.28. The molecule has 0 saturated heterocycles. The van der Waals surface area contributed by atoms with Crippen LogP contribution in [-0.2, 0) is 12.8 Å². The summed E-state index contributed by atoms with van der Waals surface area (Å²) in [6.07, 6.45) is 3.73. The predicted octanol–water partition coefficient (Wildman–Crippen LogP) is 9.19. The van der Waals surface area contributed by atoms with E-state index < -0.39 is 11.6 Å². The van der Waals surface area contributed by atoms with Crippen LogP contribution < -0.4 is 9.47 Å². The Hall–Kier alpha value is -3.73. The fourth-order valence-corrected chi connectivity index (χ4v) is 4.24. The fraction of sp³-hybridized carbons (Fsp3) is 0.273. The van der Waals surface area contributed by atoms with Crippen LogP contribution in [0.15, 0.2) is 78.9 Å². The Labute approximate surface area is 223 Å². The van der Waals surface area contributed by atoms with Gasteiger partial charge in [-0.25, -0.2) is 13.2 Å². The number of aryl methyl sites for hydroxylation is 2. The molecular formula is C33H33F3O2. The van der Waals surface area contributed by atoms with E-state index in [0.717, 1.165) is 30.4 Å². The van der Waals surface area contributed by atoms with Gasteiger partial charge in [0.2, 0.25) is 0 Å². The molecule has 0 aliphatic heterocycles. The molecule has 0 aliphatic rings. The van der Waals surface area contributed by atoms with Crippen molar-refractivity contribution in [1.82, 2.24) is 0 Å². The SMILES string of the molecule is CCCCOc1ccc(-c2ccc(CCc3ccc(-c4ccc(OCCC)cc4)c(F)c3F)cc2)c(F)c1. The monoisotopic (exact) mass is 518 g/mol. The highest BCUT2D eigenvalue weighted by Gasteiger charge is 2.15. The third-order valence-electron chi connectivity index (χ3n) is 6.46. The van der Waals surface area contributed by atoms with E-state index in [1.54, 1.807) is 48.5 Å². The van der Waals surface area contributed by atoms with Crippen LogP contribution in [0.3, 0.4) is 0 Å². The van der Waals surface area contributed by atoms with Crippen LogP contribution in [0.2, 0.25) is 0 Å². The van der Waals surface area contributed by atoms with Gasteiger partial charge in [-0.15, -0.1) is 0 Å². The maximum absolute atomic E-state index is 14.9. The van der Waals surface area contributed by atoms with Crippen molar-refractivity contribution in [2.45, 2.75) is 46.0 Å². The Morgan fingerprint density at radius 1 is 0.579 bits per heavy atom. The molecule has 0 aliphatic carbocycles. The second-order valence-electron chi connectivity index (χ2n) is 9.31. The average molecular weight is 519 g/mol. The summed E-state index contributed by atoms with van der Waals surface area (Å²) in [6, 6.07) is 22.7. The molecule has 198 valence electrons. The molecule has 0 N–H and O–H groups in total. The Balaban J connectivity index is 1.40. The molecule has 0 saturated carbocycles. The van der Waals surface area contributed by atoms with E-state index in [4.69, 9.17) is 9.47 Å². The first kappa shape index (κ1) is 27.3. The first-order valence-corrected chi connectivity index (χ1v) is 13.2. The lowest BCUT2D eigenvalue weighted by Crippen LogP contribution is -2.00. The smallest absolute Gasteiger partial charge is 0.166 e. The van der Waals surface area contributed by atoms with Gasteiger partial charge in [-0.1, -0.05) is 68.8 Å². The van der Waals surface area contributed by atoms with E-state index in [0.29, 0.717) is 54.2 Å². The van der Waals surface area contributed by atoms with Gasteiger partial charge >= 0.3 is 0 Å². The first-order valence-electron chi connectivity index (χ1n) is 13.2. The molecule has 0 spiro atoms.